The van der Waals surface area contributed by atoms with Crippen LogP contribution in [0.25, 0.3) is 22.6 Å². The van der Waals surface area contributed by atoms with Gasteiger partial charge in [-0.2, -0.15) is 10.1 Å². The first-order chi connectivity index (χ1) is 13.8. The van der Waals surface area contributed by atoms with E-state index in [4.69, 9.17) is 0 Å². The Kier molecular flexibility index (Phi) is 3.49. The number of aromatic nitrogens is 3. The molecule has 3 aromatic rings. The van der Waals surface area contributed by atoms with Crippen molar-refractivity contribution in [1.29, 1.82) is 0 Å². The van der Waals surface area contributed by atoms with E-state index in [0.717, 1.165) is 12.1 Å². The van der Waals surface area contributed by atoms with E-state index in [1.54, 1.807) is 6.92 Å². The molecule has 2 aliphatic heterocycles. The molecule has 1 fully saturated rings. The lowest BCUT2D eigenvalue weighted by Crippen LogP contribution is -2.51. The van der Waals surface area contributed by atoms with Crippen molar-refractivity contribution in [2.24, 2.45) is 0 Å². The van der Waals surface area contributed by atoms with E-state index in [9.17, 15) is 22.8 Å². The van der Waals surface area contributed by atoms with E-state index in [1.165, 1.54) is 33.8 Å². The third-order valence-corrected chi connectivity index (χ3v) is 5.45. The molecule has 2 aromatic carbocycles. The highest BCUT2D eigenvalue weighted by molar-refractivity contribution is 6.01. The van der Waals surface area contributed by atoms with Crippen molar-refractivity contribution in [2.75, 3.05) is 4.90 Å². The number of hydrogen-bond acceptors (Lipinski definition) is 4. The predicted octanol–water partition coefficient (Wildman–Crippen LogP) is 3.20. The fraction of sp³-hybridized carbons (Fsp3) is 0.200. The van der Waals surface area contributed by atoms with Crippen molar-refractivity contribution in [2.45, 2.75) is 25.4 Å². The Hall–Kier alpha value is -3.49. The minimum atomic E-state index is -1.12. The number of carbonyl (C=O) groups excluding carboxylic acids is 1. The van der Waals surface area contributed by atoms with Crippen LogP contribution in [0.3, 0.4) is 0 Å². The molecule has 0 radical (unpaired) electrons. The fourth-order valence-corrected chi connectivity index (χ4v) is 4.02. The smallest absolute Gasteiger partial charge is 0.286 e. The highest BCUT2D eigenvalue weighted by Crippen LogP contribution is 2.48. The van der Waals surface area contributed by atoms with Gasteiger partial charge >= 0.3 is 0 Å². The summed E-state index contributed by atoms with van der Waals surface area (Å²) in [4.78, 5) is 30.7. The Morgan fingerprint density at radius 2 is 1.72 bits per heavy atom. The molecule has 0 unspecified atom stereocenters. The molecule has 9 heteroatoms. The molecule has 0 N–H and O–H groups in total. The van der Waals surface area contributed by atoms with Gasteiger partial charge in [0.2, 0.25) is 5.91 Å². The van der Waals surface area contributed by atoms with Gasteiger partial charge in [0.15, 0.2) is 23.2 Å². The summed E-state index contributed by atoms with van der Waals surface area (Å²) < 4.78 is 42.6. The van der Waals surface area contributed by atoms with Gasteiger partial charge in [-0.1, -0.05) is 0 Å². The standard InChI is InChI=1S/C20H13F3N4O2/c1-20-7-6-16(28)26(20)15-9-14(23)13(22)8-12(15)18-24-19(29)17(25-27(18)20)10-2-4-11(21)5-3-10/h2-5,8-9H,6-7H2,1H3/t20-/m1/s1. The van der Waals surface area contributed by atoms with Gasteiger partial charge in [-0.25, -0.2) is 17.9 Å². The number of nitrogens with zero attached hydrogens (tertiary/aromatic N) is 4. The van der Waals surface area contributed by atoms with E-state index < -0.39 is 28.7 Å². The van der Waals surface area contributed by atoms with Crippen molar-refractivity contribution in [3.05, 3.63) is 64.2 Å². The lowest BCUT2D eigenvalue weighted by Gasteiger charge is -2.42. The fourth-order valence-electron chi connectivity index (χ4n) is 4.02. The predicted molar refractivity (Wildman–Crippen MR) is 97.4 cm³/mol. The number of anilines is 1. The van der Waals surface area contributed by atoms with Crippen molar-refractivity contribution in [3.8, 4) is 22.6 Å². The molecule has 29 heavy (non-hydrogen) atoms. The SMILES string of the molecule is C[C@@]12CCC(=O)N1c1cc(F)c(F)cc1-c1nc(=O)c(-c3ccc(F)cc3)nn12. The minimum absolute atomic E-state index is 0.0275. The summed E-state index contributed by atoms with van der Waals surface area (Å²) in [5.41, 5.74) is -1.15. The molecular formula is C20H13F3N4O2. The zero-order chi connectivity index (χ0) is 20.5. The van der Waals surface area contributed by atoms with Gasteiger partial charge in [-0.15, -0.1) is 0 Å². The average molecular weight is 398 g/mol. The summed E-state index contributed by atoms with van der Waals surface area (Å²) >= 11 is 0. The molecule has 0 bridgehead atoms. The molecule has 2 aliphatic rings. The largest absolute Gasteiger partial charge is 0.300 e. The van der Waals surface area contributed by atoms with Gasteiger partial charge in [-0.05, 0) is 37.3 Å². The molecular weight excluding hydrogens is 385 g/mol. The van der Waals surface area contributed by atoms with Crippen LogP contribution in [-0.2, 0) is 10.5 Å². The van der Waals surface area contributed by atoms with E-state index >= 15 is 0 Å². The second-order valence-corrected chi connectivity index (χ2v) is 7.24. The van der Waals surface area contributed by atoms with Gasteiger partial charge < -0.3 is 0 Å². The van der Waals surface area contributed by atoms with E-state index in [-0.39, 0.29) is 35.1 Å². The molecule has 146 valence electrons. The number of halogens is 3. The van der Waals surface area contributed by atoms with Crippen molar-refractivity contribution in [3.63, 3.8) is 0 Å². The number of benzene rings is 2. The molecule has 1 aromatic heterocycles. The minimum Gasteiger partial charge on any atom is -0.286 e. The molecule has 5 rings (SSSR count). The monoisotopic (exact) mass is 398 g/mol. The van der Waals surface area contributed by atoms with Crippen LogP contribution in [0.5, 0.6) is 0 Å². The zero-order valence-corrected chi connectivity index (χ0v) is 15.1. The maximum Gasteiger partial charge on any atom is 0.300 e. The number of hydrogen-bond donors (Lipinski definition) is 0. The molecule has 3 heterocycles. The number of amides is 1. The van der Waals surface area contributed by atoms with Crippen LogP contribution in [0, 0.1) is 17.5 Å². The highest BCUT2D eigenvalue weighted by atomic mass is 19.2. The van der Waals surface area contributed by atoms with Crippen LogP contribution < -0.4 is 10.5 Å². The summed E-state index contributed by atoms with van der Waals surface area (Å²) in [6.45, 7) is 1.72. The van der Waals surface area contributed by atoms with Crippen LogP contribution in [0.2, 0.25) is 0 Å². The third-order valence-electron chi connectivity index (χ3n) is 5.45. The van der Waals surface area contributed by atoms with Crippen LogP contribution >= 0.6 is 0 Å². The Morgan fingerprint density at radius 1 is 1.03 bits per heavy atom. The molecule has 0 saturated carbocycles. The lowest BCUT2D eigenvalue weighted by molar-refractivity contribution is -0.117. The summed E-state index contributed by atoms with van der Waals surface area (Å²) in [7, 11) is 0. The Labute approximate surface area is 162 Å². The highest BCUT2D eigenvalue weighted by Gasteiger charge is 2.50. The summed E-state index contributed by atoms with van der Waals surface area (Å²) in [5, 5.41) is 4.42. The number of carbonyl (C=O) groups is 1. The van der Waals surface area contributed by atoms with Gasteiger partial charge in [0, 0.05) is 30.0 Å². The molecule has 1 atom stereocenters. The zero-order valence-electron chi connectivity index (χ0n) is 15.1. The normalized spacial score (nSPS) is 19.7. The van der Waals surface area contributed by atoms with E-state index in [1.807, 2.05) is 0 Å². The molecule has 0 spiro atoms. The Balaban J connectivity index is 1.83. The van der Waals surface area contributed by atoms with Crippen LogP contribution in [0.4, 0.5) is 18.9 Å². The topological polar surface area (TPSA) is 68.1 Å². The first-order valence-corrected chi connectivity index (χ1v) is 8.90. The van der Waals surface area contributed by atoms with Crippen molar-refractivity contribution < 1.29 is 18.0 Å². The van der Waals surface area contributed by atoms with Gasteiger partial charge in [-0.3, -0.25) is 14.5 Å². The van der Waals surface area contributed by atoms with Crippen molar-refractivity contribution >= 4 is 11.6 Å². The van der Waals surface area contributed by atoms with Crippen molar-refractivity contribution in [1.82, 2.24) is 14.8 Å². The molecule has 1 amide bonds. The number of fused-ring (bicyclic) bond motifs is 6. The first-order valence-electron chi connectivity index (χ1n) is 8.90. The third kappa shape index (κ3) is 2.36. The first kappa shape index (κ1) is 17.6. The molecule has 6 nitrogen and oxygen atoms in total. The van der Waals surface area contributed by atoms with Gasteiger partial charge in [0.25, 0.3) is 5.56 Å². The van der Waals surface area contributed by atoms with Gasteiger partial charge in [0.05, 0.1) is 5.69 Å². The summed E-state index contributed by atoms with van der Waals surface area (Å²) in [6, 6.07) is 7.05. The summed E-state index contributed by atoms with van der Waals surface area (Å²) in [5.74, 6) is -2.91. The second-order valence-electron chi connectivity index (χ2n) is 7.24. The van der Waals surface area contributed by atoms with Gasteiger partial charge in [0.1, 0.15) is 11.5 Å². The lowest BCUT2D eigenvalue weighted by atomic mass is 10.0. The quantitative estimate of drug-likeness (QED) is 0.631. The molecule has 1 saturated heterocycles. The second kappa shape index (κ2) is 5.76. The van der Waals surface area contributed by atoms with Crippen LogP contribution in [-0.4, -0.2) is 20.7 Å². The van der Waals surface area contributed by atoms with E-state index in [2.05, 4.69) is 10.1 Å². The maximum atomic E-state index is 14.0. The average Bonchev–Trinajstić information content (AvgIpc) is 3.00. The maximum absolute atomic E-state index is 14.0. The Bertz CT molecular complexity index is 1260. The Morgan fingerprint density at radius 3 is 2.45 bits per heavy atom. The number of rotatable bonds is 1. The summed E-state index contributed by atoms with van der Waals surface area (Å²) in [6.07, 6.45) is 0.520. The van der Waals surface area contributed by atoms with E-state index in [0.29, 0.717) is 12.0 Å². The molecule has 0 aliphatic carbocycles. The van der Waals surface area contributed by atoms with Crippen LogP contribution in [0.15, 0.2) is 41.2 Å². The van der Waals surface area contributed by atoms with Crippen LogP contribution in [0.1, 0.15) is 19.8 Å².